The summed E-state index contributed by atoms with van der Waals surface area (Å²) >= 11 is 0. The van der Waals surface area contributed by atoms with E-state index in [4.69, 9.17) is 0 Å². The van der Waals surface area contributed by atoms with E-state index in [2.05, 4.69) is 20.6 Å². The van der Waals surface area contributed by atoms with Gasteiger partial charge < -0.3 is 15.6 Å². The van der Waals surface area contributed by atoms with Crippen LogP contribution in [0.3, 0.4) is 0 Å². The van der Waals surface area contributed by atoms with Crippen molar-refractivity contribution in [3.63, 3.8) is 0 Å². The van der Waals surface area contributed by atoms with E-state index in [9.17, 15) is 9.59 Å². The van der Waals surface area contributed by atoms with Crippen molar-refractivity contribution in [2.45, 2.75) is 18.9 Å². The van der Waals surface area contributed by atoms with Crippen molar-refractivity contribution in [3.8, 4) is 0 Å². The molecular formula is C12H12N4O2. The fourth-order valence-electron chi connectivity index (χ4n) is 2.02. The molecule has 0 aliphatic carbocycles. The largest absolute Gasteiger partial charge is 0.346 e. The Hall–Kier alpha value is -2.37. The minimum Gasteiger partial charge on any atom is -0.346 e. The maximum atomic E-state index is 11.9. The number of hydrogen-bond acceptors (Lipinski definition) is 3. The highest BCUT2D eigenvalue weighted by Gasteiger charge is 2.27. The number of fused-ring (bicyclic) bond motifs is 1. The molecule has 0 saturated carbocycles. The van der Waals surface area contributed by atoms with Gasteiger partial charge in [-0.25, -0.2) is 4.98 Å². The van der Waals surface area contributed by atoms with Gasteiger partial charge in [0, 0.05) is 18.0 Å². The van der Waals surface area contributed by atoms with E-state index in [0.717, 1.165) is 11.0 Å². The van der Waals surface area contributed by atoms with E-state index in [-0.39, 0.29) is 11.8 Å². The van der Waals surface area contributed by atoms with Gasteiger partial charge in [-0.2, -0.15) is 0 Å². The van der Waals surface area contributed by atoms with Crippen LogP contribution in [0.25, 0.3) is 11.0 Å². The molecule has 1 unspecified atom stereocenters. The van der Waals surface area contributed by atoms with Gasteiger partial charge in [-0.05, 0) is 24.6 Å². The fraction of sp³-hybridized carbons (Fsp3) is 0.250. The quantitative estimate of drug-likeness (QED) is 0.729. The third-order valence-corrected chi connectivity index (χ3v) is 2.97. The number of anilines is 1. The summed E-state index contributed by atoms with van der Waals surface area (Å²) in [6, 6.07) is 5.08. The number of hydrogen-bond donors (Lipinski definition) is 3. The summed E-state index contributed by atoms with van der Waals surface area (Å²) in [7, 11) is 0. The number of carbonyl (C=O) groups excluding carboxylic acids is 2. The molecule has 1 atom stereocenters. The van der Waals surface area contributed by atoms with Gasteiger partial charge >= 0.3 is 0 Å². The minimum absolute atomic E-state index is 0.0806. The number of aromatic amines is 1. The maximum absolute atomic E-state index is 11.9. The molecule has 3 heterocycles. The summed E-state index contributed by atoms with van der Waals surface area (Å²) in [4.78, 5) is 30.1. The summed E-state index contributed by atoms with van der Waals surface area (Å²) in [5.41, 5.74) is 0.725. The second-order valence-electron chi connectivity index (χ2n) is 4.26. The molecular weight excluding hydrogens is 232 g/mol. The number of rotatable bonds is 2. The number of carbonyl (C=O) groups is 2. The number of H-pyrrole nitrogens is 1. The lowest BCUT2D eigenvalue weighted by atomic mass is 10.2. The first-order valence-corrected chi connectivity index (χ1v) is 5.77. The Morgan fingerprint density at radius 3 is 3.06 bits per heavy atom. The Labute approximate surface area is 103 Å². The van der Waals surface area contributed by atoms with E-state index in [0.29, 0.717) is 18.7 Å². The predicted octanol–water partition coefficient (Wildman–Crippen LogP) is 0.780. The Kier molecular flexibility index (Phi) is 2.47. The normalized spacial score (nSPS) is 18.9. The highest BCUT2D eigenvalue weighted by atomic mass is 16.2. The van der Waals surface area contributed by atoms with Gasteiger partial charge in [-0.3, -0.25) is 9.59 Å². The smallest absolute Gasteiger partial charge is 0.248 e. The monoisotopic (exact) mass is 244 g/mol. The predicted molar refractivity (Wildman–Crippen MR) is 65.9 cm³/mol. The van der Waals surface area contributed by atoms with Gasteiger partial charge in [-0.15, -0.1) is 0 Å². The standard InChI is InChI=1S/C12H12N4O2/c17-10-4-2-8(14-10)12(18)16-9-3-1-7-5-6-13-11(7)15-9/h1,3,5-6,8H,2,4H2,(H,14,17)(H2,13,15,16,18). The molecule has 18 heavy (non-hydrogen) atoms. The van der Waals surface area contributed by atoms with Crippen LogP contribution in [0.4, 0.5) is 5.82 Å². The Morgan fingerprint density at radius 2 is 2.28 bits per heavy atom. The molecule has 3 N–H and O–H groups in total. The molecule has 1 aliphatic rings. The van der Waals surface area contributed by atoms with Crippen LogP contribution < -0.4 is 10.6 Å². The summed E-state index contributed by atoms with van der Waals surface area (Å²) in [5, 5.41) is 6.31. The van der Waals surface area contributed by atoms with E-state index < -0.39 is 6.04 Å². The summed E-state index contributed by atoms with van der Waals surface area (Å²) in [5.74, 6) is 0.179. The van der Waals surface area contributed by atoms with Gasteiger partial charge in [0.05, 0.1) is 0 Å². The maximum Gasteiger partial charge on any atom is 0.248 e. The van der Waals surface area contributed by atoms with Crippen LogP contribution in [0.2, 0.25) is 0 Å². The van der Waals surface area contributed by atoms with E-state index in [1.807, 2.05) is 12.1 Å². The molecule has 2 aromatic heterocycles. The van der Waals surface area contributed by atoms with Crippen molar-refractivity contribution < 1.29 is 9.59 Å². The van der Waals surface area contributed by atoms with Gasteiger partial charge in [0.2, 0.25) is 11.8 Å². The molecule has 6 heteroatoms. The third-order valence-electron chi connectivity index (χ3n) is 2.97. The van der Waals surface area contributed by atoms with Crippen molar-refractivity contribution in [1.29, 1.82) is 0 Å². The first-order chi connectivity index (χ1) is 8.72. The molecule has 0 radical (unpaired) electrons. The topological polar surface area (TPSA) is 86.9 Å². The number of nitrogens with zero attached hydrogens (tertiary/aromatic N) is 1. The van der Waals surface area contributed by atoms with E-state index in [1.54, 1.807) is 12.3 Å². The Morgan fingerprint density at radius 1 is 1.39 bits per heavy atom. The number of nitrogens with one attached hydrogen (secondary N) is 3. The second kappa shape index (κ2) is 4.14. The minimum atomic E-state index is -0.446. The summed E-state index contributed by atoms with van der Waals surface area (Å²) in [6.45, 7) is 0. The summed E-state index contributed by atoms with van der Waals surface area (Å²) < 4.78 is 0. The number of pyridine rings is 1. The molecule has 1 aliphatic heterocycles. The first-order valence-electron chi connectivity index (χ1n) is 5.77. The zero-order valence-electron chi connectivity index (χ0n) is 9.56. The molecule has 2 amide bonds. The number of aromatic nitrogens is 2. The SMILES string of the molecule is O=C1CCC(C(=O)Nc2ccc3cc[nH]c3n2)N1. The fourth-order valence-corrected chi connectivity index (χ4v) is 2.02. The Bertz CT molecular complexity index is 619. The molecule has 92 valence electrons. The zero-order chi connectivity index (χ0) is 12.5. The molecule has 1 fully saturated rings. The van der Waals surface area contributed by atoms with E-state index >= 15 is 0 Å². The van der Waals surface area contributed by atoms with Crippen LogP contribution in [-0.2, 0) is 9.59 Å². The molecule has 2 aromatic rings. The number of amides is 2. The second-order valence-corrected chi connectivity index (χ2v) is 4.26. The van der Waals surface area contributed by atoms with Gasteiger partial charge in [0.15, 0.2) is 0 Å². The zero-order valence-corrected chi connectivity index (χ0v) is 9.56. The lowest BCUT2D eigenvalue weighted by Gasteiger charge is -2.10. The average molecular weight is 244 g/mol. The molecule has 0 bridgehead atoms. The molecule has 6 nitrogen and oxygen atoms in total. The van der Waals surface area contributed by atoms with Crippen molar-refractivity contribution in [3.05, 3.63) is 24.4 Å². The van der Waals surface area contributed by atoms with Crippen LogP contribution in [0, 0.1) is 0 Å². The van der Waals surface area contributed by atoms with Crippen molar-refractivity contribution in [2.75, 3.05) is 5.32 Å². The summed E-state index contributed by atoms with van der Waals surface area (Å²) in [6.07, 6.45) is 2.73. The molecule has 0 aromatic carbocycles. The van der Waals surface area contributed by atoms with Crippen LogP contribution in [0.5, 0.6) is 0 Å². The van der Waals surface area contributed by atoms with Crippen molar-refractivity contribution in [1.82, 2.24) is 15.3 Å². The van der Waals surface area contributed by atoms with Gasteiger partial charge in [0.25, 0.3) is 0 Å². The molecule has 0 spiro atoms. The third kappa shape index (κ3) is 1.92. The lowest BCUT2D eigenvalue weighted by molar-refractivity contribution is -0.122. The van der Waals surface area contributed by atoms with Crippen LogP contribution in [0.15, 0.2) is 24.4 Å². The van der Waals surface area contributed by atoms with E-state index in [1.165, 1.54) is 0 Å². The van der Waals surface area contributed by atoms with Crippen LogP contribution >= 0.6 is 0 Å². The highest BCUT2D eigenvalue weighted by Crippen LogP contribution is 2.14. The Balaban J connectivity index is 1.75. The average Bonchev–Trinajstić information content (AvgIpc) is 2.96. The van der Waals surface area contributed by atoms with Gasteiger partial charge in [0.1, 0.15) is 17.5 Å². The molecule has 3 rings (SSSR count). The highest BCUT2D eigenvalue weighted by molar-refractivity contribution is 5.98. The lowest BCUT2D eigenvalue weighted by Crippen LogP contribution is -2.37. The first kappa shape index (κ1) is 10.8. The van der Waals surface area contributed by atoms with Crippen LogP contribution in [-0.4, -0.2) is 27.8 Å². The van der Waals surface area contributed by atoms with Crippen molar-refractivity contribution in [2.24, 2.45) is 0 Å². The van der Waals surface area contributed by atoms with Crippen molar-refractivity contribution >= 4 is 28.7 Å². The molecule has 1 saturated heterocycles. The van der Waals surface area contributed by atoms with Gasteiger partial charge in [-0.1, -0.05) is 0 Å². The van der Waals surface area contributed by atoms with Crippen LogP contribution in [0.1, 0.15) is 12.8 Å².